The number of ether oxygens (including phenoxy) is 1. The molecular formula is C30H38N2O5. The number of hydrogen-bond donors (Lipinski definition) is 3. The van der Waals surface area contributed by atoms with Gasteiger partial charge in [0.1, 0.15) is 6.04 Å². The lowest BCUT2D eigenvalue weighted by Crippen LogP contribution is -2.57. The molecular weight excluding hydrogens is 468 g/mol. The monoisotopic (exact) mass is 506 g/mol. The molecule has 1 saturated heterocycles. The lowest BCUT2D eigenvalue weighted by molar-refractivity contribution is -0.133. The molecule has 7 heteroatoms. The van der Waals surface area contributed by atoms with Crippen LogP contribution in [0.15, 0.2) is 54.6 Å². The van der Waals surface area contributed by atoms with Crippen LogP contribution in [0.25, 0.3) is 11.1 Å². The Bertz CT molecular complexity index is 1090. The van der Waals surface area contributed by atoms with E-state index >= 15 is 0 Å². The van der Waals surface area contributed by atoms with Gasteiger partial charge < -0.3 is 20.5 Å². The topological polar surface area (TPSA) is 108 Å². The van der Waals surface area contributed by atoms with Crippen LogP contribution in [-0.2, 0) is 14.3 Å². The van der Waals surface area contributed by atoms with Gasteiger partial charge in [-0.05, 0) is 54.4 Å². The fourth-order valence-electron chi connectivity index (χ4n) is 5.24. The Labute approximate surface area is 219 Å². The number of hydrogen-bond acceptors (Lipinski definition) is 5. The number of aliphatic hydroxyl groups excluding tert-OH is 1. The third-order valence-corrected chi connectivity index (χ3v) is 7.46. The number of carbonyl (C=O) groups is 3. The normalized spacial score (nSPS) is 21.2. The number of benzene rings is 2. The number of carbonyl (C=O) groups excluding carboxylic acids is 3. The smallest absolute Gasteiger partial charge is 0.251 e. The highest BCUT2D eigenvalue weighted by Gasteiger charge is 2.54. The van der Waals surface area contributed by atoms with Crippen LogP contribution in [0.2, 0.25) is 0 Å². The second kappa shape index (κ2) is 12.0. The van der Waals surface area contributed by atoms with Crippen molar-refractivity contribution in [1.82, 2.24) is 10.6 Å². The number of Topliss-reactive ketones (excluding diaryl/α,β-unsaturated/α-hetero) is 1. The van der Waals surface area contributed by atoms with Crippen LogP contribution in [0.5, 0.6) is 0 Å². The molecule has 37 heavy (non-hydrogen) atoms. The van der Waals surface area contributed by atoms with Crippen molar-refractivity contribution in [3.63, 3.8) is 0 Å². The number of ketones is 1. The zero-order chi connectivity index (χ0) is 26.4. The maximum Gasteiger partial charge on any atom is 0.251 e. The molecule has 2 fully saturated rings. The first-order chi connectivity index (χ1) is 17.8. The number of rotatable bonds is 11. The molecule has 1 saturated carbocycles. The molecule has 7 nitrogen and oxygen atoms in total. The van der Waals surface area contributed by atoms with Crippen molar-refractivity contribution in [2.75, 3.05) is 13.2 Å². The molecule has 4 rings (SSSR count). The molecule has 0 bridgehead atoms. The Kier molecular flexibility index (Phi) is 8.77. The largest absolute Gasteiger partial charge is 0.393 e. The van der Waals surface area contributed by atoms with Gasteiger partial charge in [-0.1, -0.05) is 75.6 Å². The first-order valence-electron chi connectivity index (χ1n) is 13.4. The van der Waals surface area contributed by atoms with E-state index in [0.29, 0.717) is 12.0 Å². The van der Waals surface area contributed by atoms with Gasteiger partial charge in [-0.15, -0.1) is 0 Å². The van der Waals surface area contributed by atoms with Crippen LogP contribution in [0, 0.1) is 11.8 Å². The van der Waals surface area contributed by atoms with Gasteiger partial charge in [-0.25, -0.2) is 0 Å². The quantitative estimate of drug-likeness (QED) is 0.401. The summed E-state index contributed by atoms with van der Waals surface area (Å²) in [6, 6.07) is 15.7. The Morgan fingerprint density at radius 2 is 1.65 bits per heavy atom. The Morgan fingerprint density at radius 1 is 0.973 bits per heavy atom. The summed E-state index contributed by atoms with van der Waals surface area (Å²) in [6.07, 6.45) is 5.24. The molecule has 1 heterocycles. The van der Waals surface area contributed by atoms with E-state index in [-0.39, 0.29) is 36.0 Å². The van der Waals surface area contributed by atoms with E-state index < -0.39 is 24.3 Å². The van der Waals surface area contributed by atoms with Gasteiger partial charge in [0.25, 0.3) is 5.91 Å². The van der Waals surface area contributed by atoms with Crippen LogP contribution >= 0.6 is 0 Å². The van der Waals surface area contributed by atoms with Crippen molar-refractivity contribution in [2.24, 2.45) is 11.8 Å². The summed E-state index contributed by atoms with van der Waals surface area (Å²) in [4.78, 5) is 40.2. The lowest BCUT2D eigenvalue weighted by Gasteiger charge is -2.32. The number of amides is 2. The van der Waals surface area contributed by atoms with E-state index in [2.05, 4.69) is 10.6 Å². The summed E-state index contributed by atoms with van der Waals surface area (Å²) in [6.45, 7) is 3.71. The summed E-state index contributed by atoms with van der Waals surface area (Å²) in [5, 5.41) is 15.6. The van der Waals surface area contributed by atoms with Crippen molar-refractivity contribution >= 4 is 17.6 Å². The summed E-state index contributed by atoms with van der Waals surface area (Å²) < 4.78 is 5.28. The van der Waals surface area contributed by atoms with Gasteiger partial charge in [-0.3, -0.25) is 14.4 Å². The molecule has 2 aromatic rings. The highest BCUT2D eigenvalue weighted by molar-refractivity contribution is 6.01. The Morgan fingerprint density at radius 3 is 2.27 bits per heavy atom. The van der Waals surface area contributed by atoms with E-state index in [1.165, 1.54) is 0 Å². The molecule has 0 spiro atoms. The molecule has 1 aliphatic carbocycles. The number of aliphatic hydroxyl groups is 1. The molecule has 1 aliphatic heterocycles. The highest BCUT2D eigenvalue weighted by Crippen LogP contribution is 2.31. The first kappa shape index (κ1) is 27.0. The van der Waals surface area contributed by atoms with E-state index in [1.807, 2.05) is 62.4 Å². The van der Waals surface area contributed by atoms with Crippen molar-refractivity contribution in [3.8, 4) is 11.1 Å². The number of epoxide rings is 1. The highest BCUT2D eigenvalue weighted by atomic mass is 16.6. The SMILES string of the molecule is CC(C)C[C@H](NC(=O)[C@@H](NC(=O)c1cccc(-c2ccccc2)c1)C1CCCCC1)C(=O)[C@]1(CO)CO1. The van der Waals surface area contributed by atoms with Crippen molar-refractivity contribution in [3.05, 3.63) is 60.2 Å². The molecule has 0 aromatic heterocycles. The van der Waals surface area contributed by atoms with Gasteiger partial charge in [0.15, 0.2) is 11.4 Å². The van der Waals surface area contributed by atoms with Crippen LogP contribution in [0.1, 0.15) is 62.7 Å². The van der Waals surface area contributed by atoms with Crippen molar-refractivity contribution in [1.29, 1.82) is 0 Å². The minimum atomic E-state index is -1.21. The second-order valence-corrected chi connectivity index (χ2v) is 10.8. The van der Waals surface area contributed by atoms with Gasteiger partial charge >= 0.3 is 0 Å². The van der Waals surface area contributed by atoms with Crippen LogP contribution < -0.4 is 10.6 Å². The van der Waals surface area contributed by atoms with E-state index in [1.54, 1.807) is 6.07 Å². The van der Waals surface area contributed by atoms with Gasteiger partial charge in [0.2, 0.25) is 5.91 Å². The molecule has 198 valence electrons. The zero-order valence-corrected chi connectivity index (χ0v) is 21.7. The zero-order valence-electron chi connectivity index (χ0n) is 21.7. The fourth-order valence-corrected chi connectivity index (χ4v) is 5.24. The summed E-state index contributed by atoms with van der Waals surface area (Å²) in [5.74, 6) is -0.831. The average molecular weight is 507 g/mol. The maximum absolute atomic E-state index is 13.6. The first-order valence-corrected chi connectivity index (χ1v) is 13.4. The molecule has 2 aliphatic rings. The third-order valence-electron chi connectivity index (χ3n) is 7.46. The minimum absolute atomic E-state index is 0.00575. The molecule has 0 radical (unpaired) electrons. The van der Waals surface area contributed by atoms with Crippen molar-refractivity contribution < 1.29 is 24.2 Å². The van der Waals surface area contributed by atoms with Crippen LogP contribution in [-0.4, -0.2) is 53.6 Å². The summed E-state index contributed by atoms with van der Waals surface area (Å²) in [5.41, 5.74) is 1.20. The summed E-state index contributed by atoms with van der Waals surface area (Å²) in [7, 11) is 0. The molecule has 2 aromatic carbocycles. The number of nitrogens with one attached hydrogen (secondary N) is 2. The lowest BCUT2D eigenvalue weighted by atomic mass is 9.83. The van der Waals surface area contributed by atoms with Crippen LogP contribution in [0.4, 0.5) is 0 Å². The average Bonchev–Trinajstić information content (AvgIpc) is 3.73. The predicted molar refractivity (Wildman–Crippen MR) is 142 cm³/mol. The standard InChI is InChI=1S/C30H38N2O5/c1-20(2)16-25(27(34)30(18-33)19-37-30)31-29(36)26(22-12-7-4-8-13-22)32-28(35)24-15-9-14-23(17-24)21-10-5-3-6-11-21/h3,5-6,9-11,14-15,17,20,22,25-26,33H,4,7-8,12-13,16,18-19H2,1-2H3,(H,31,36)(H,32,35)/t25-,26-,30-/m0/s1. The van der Waals surface area contributed by atoms with Crippen molar-refractivity contribution in [2.45, 2.75) is 70.1 Å². The van der Waals surface area contributed by atoms with Gasteiger partial charge in [0, 0.05) is 5.56 Å². The maximum atomic E-state index is 13.6. The Hall–Kier alpha value is -3.03. The molecule has 3 atom stereocenters. The second-order valence-electron chi connectivity index (χ2n) is 10.8. The minimum Gasteiger partial charge on any atom is -0.393 e. The molecule has 2 amide bonds. The summed E-state index contributed by atoms with van der Waals surface area (Å²) >= 11 is 0. The Balaban J connectivity index is 1.53. The molecule has 3 N–H and O–H groups in total. The fraction of sp³-hybridized carbons (Fsp3) is 0.500. The van der Waals surface area contributed by atoms with Crippen LogP contribution in [0.3, 0.4) is 0 Å². The predicted octanol–water partition coefficient (Wildman–Crippen LogP) is 3.89. The third kappa shape index (κ3) is 6.65. The molecule has 0 unspecified atom stereocenters. The van der Waals surface area contributed by atoms with Gasteiger partial charge in [0.05, 0.1) is 19.3 Å². The van der Waals surface area contributed by atoms with E-state index in [0.717, 1.165) is 43.2 Å². The van der Waals surface area contributed by atoms with Gasteiger partial charge in [-0.2, -0.15) is 0 Å². The van der Waals surface area contributed by atoms with E-state index in [4.69, 9.17) is 4.74 Å². The van der Waals surface area contributed by atoms with E-state index in [9.17, 15) is 19.5 Å².